The summed E-state index contributed by atoms with van der Waals surface area (Å²) in [6.45, 7) is 4.35. The van der Waals surface area contributed by atoms with E-state index in [9.17, 15) is 9.59 Å². The summed E-state index contributed by atoms with van der Waals surface area (Å²) in [7, 11) is 1.80. The minimum absolute atomic E-state index is 0.230. The van der Waals surface area contributed by atoms with Gasteiger partial charge in [-0.1, -0.05) is 6.92 Å². The van der Waals surface area contributed by atoms with Gasteiger partial charge in [-0.25, -0.2) is 0 Å². The maximum absolute atomic E-state index is 11.1. The first-order valence-electron chi connectivity index (χ1n) is 4.18. The minimum Gasteiger partial charge on any atom is -0.480 e. The third-order valence-electron chi connectivity index (χ3n) is 1.70. The van der Waals surface area contributed by atoms with Crippen LogP contribution >= 0.6 is 0 Å². The molecule has 0 heterocycles. The molecule has 2 N–H and O–H groups in total. The zero-order valence-corrected chi connectivity index (χ0v) is 8.20. The van der Waals surface area contributed by atoms with Crippen molar-refractivity contribution in [2.24, 2.45) is 0 Å². The number of nitrogens with zero attached hydrogens (tertiary/aromatic N) is 1. The van der Waals surface area contributed by atoms with E-state index in [-0.39, 0.29) is 12.5 Å². The number of nitrogens with one attached hydrogen (secondary N) is 1. The Morgan fingerprint density at radius 2 is 2.08 bits per heavy atom. The van der Waals surface area contributed by atoms with Crippen molar-refractivity contribution in [2.45, 2.75) is 19.9 Å². The van der Waals surface area contributed by atoms with Gasteiger partial charge in [0, 0.05) is 0 Å². The molecular formula is C8H16N2O3. The molecular weight excluding hydrogens is 172 g/mol. The Bertz CT molecular complexity index is 194. The number of carbonyl (C=O) groups excluding carboxylic acids is 1. The van der Waals surface area contributed by atoms with Crippen LogP contribution in [0.1, 0.15) is 13.8 Å². The molecule has 76 valence electrons. The second-order valence-corrected chi connectivity index (χ2v) is 2.96. The molecule has 0 saturated heterocycles. The number of amides is 1. The van der Waals surface area contributed by atoms with Crippen LogP contribution in [0.2, 0.25) is 0 Å². The lowest BCUT2D eigenvalue weighted by molar-refractivity contribution is -0.141. The molecule has 13 heavy (non-hydrogen) atoms. The number of hydrogen-bond acceptors (Lipinski definition) is 3. The van der Waals surface area contributed by atoms with Gasteiger partial charge in [-0.15, -0.1) is 0 Å². The maximum atomic E-state index is 11.1. The largest absolute Gasteiger partial charge is 0.480 e. The molecule has 0 aliphatic rings. The van der Waals surface area contributed by atoms with Crippen molar-refractivity contribution in [3.8, 4) is 0 Å². The number of carboxylic acids is 1. The van der Waals surface area contributed by atoms with E-state index in [1.54, 1.807) is 11.9 Å². The fraction of sp³-hybridized carbons (Fsp3) is 0.750. The molecule has 1 unspecified atom stereocenters. The monoisotopic (exact) mass is 188 g/mol. The Balaban J connectivity index is 3.81. The summed E-state index contributed by atoms with van der Waals surface area (Å²) in [4.78, 5) is 23.3. The summed E-state index contributed by atoms with van der Waals surface area (Å²) in [6, 6.07) is -0.822. The molecule has 0 aliphatic carbocycles. The first kappa shape index (κ1) is 11.9. The molecule has 0 radical (unpaired) electrons. The summed E-state index contributed by atoms with van der Waals surface area (Å²) < 4.78 is 0. The summed E-state index contributed by atoms with van der Waals surface area (Å²) in [6.07, 6.45) is 0. The predicted octanol–water partition coefficient (Wildman–Crippen LogP) is -0.473. The SMILES string of the molecule is CCN(C)CC(=O)NC(C)C(=O)O. The zero-order valence-electron chi connectivity index (χ0n) is 8.20. The number of rotatable bonds is 5. The summed E-state index contributed by atoms with van der Waals surface area (Å²) in [5.41, 5.74) is 0. The lowest BCUT2D eigenvalue weighted by atomic mass is 10.3. The van der Waals surface area contributed by atoms with Gasteiger partial charge in [0.1, 0.15) is 6.04 Å². The molecule has 0 saturated carbocycles. The van der Waals surface area contributed by atoms with Crippen LogP contribution in [0.3, 0.4) is 0 Å². The number of carbonyl (C=O) groups is 2. The van der Waals surface area contributed by atoms with Gasteiger partial charge in [-0.3, -0.25) is 14.5 Å². The van der Waals surface area contributed by atoms with E-state index < -0.39 is 12.0 Å². The van der Waals surface area contributed by atoms with Crippen molar-refractivity contribution < 1.29 is 14.7 Å². The zero-order chi connectivity index (χ0) is 10.4. The third-order valence-corrected chi connectivity index (χ3v) is 1.70. The Morgan fingerprint density at radius 3 is 2.46 bits per heavy atom. The van der Waals surface area contributed by atoms with Crippen LogP contribution in [0.4, 0.5) is 0 Å². The topological polar surface area (TPSA) is 69.6 Å². The fourth-order valence-electron chi connectivity index (χ4n) is 0.706. The second kappa shape index (κ2) is 5.53. The van der Waals surface area contributed by atoms with Gasteiger partial charge in [0.2, 0.25) is 5.91 Å². The molecule has 1 atom stereocenters. The second-order valence-electron chi connectivity index (χ2n) is 2.96. The van der Waals surface area contributed by atoms with Gasteiger partial charge in [-0.05, 0) is 20.5 Å². The van der Waals surface area contributed by atoms with E-state index in [0.717, 1.165) is 6.54 Å². The Kier molecular flexibility index (Phi) is 5.06. The smallest absolute Gasteiger partial charge is 0.325 e. The molecule has 0 aliphatic heterocycles. The van der Waals surface area contributed by atoms with Gasteiger partial charge in [0.25, 0.3) is 0 Å². The molecule has 5 heteroatoms. The quantitative estimate of drug-likeness (QED) is 0.612. The lowest BCUT2D eigenvalue weighted by Gasteiger charge is -2.15. The van der Waals surface area contributed by atoms with Crippen LogP contribution < -0.4 is 5.32 Å². The van der Waals surface area contributed by atoms with Crippen molar-refractivity contribution >= 4 is 11.9 Å². The molecule has 0 aromatic carbocycles. The van der Waals surface area contributed by atoms with Gasteiger partial charge >= 0.3 is 5.97 Å². The Morgan fingerprint density at radius 1 is 1.54 bits per heavy atom. The van der Waals surface area contributed by atoms with Gasteiger partial charge in [0.05, 0.1) is 6.54 Å². The molecule has 5 nitrogen and oxygen atoms in total. The first-order valence-corrected chi connectivity index (χ1v) is 4.18. The van der Waals surface area contributed by atoms with Crippen molar-refractivity contribution in [2.75, 3.05) is 20.1 Å². The summed E-state index contributed by atoms with van der Waals surface area (Å²) in [5, 5.41) is 10.9. The van der Waals surface area contributed by atoms with Crippen molar-refractivity contribution in [1.29, 1.82) is 0 Å². The molecule has 1 amide bonds. The van der Waals surface area contributed by atoms with Crippen LogP contribution in [0, 0.1) is 0 Å². The summed E-state index contributed by atoms with van der Waals surface area (Å²) >= 11 is 0. The van der Waals surface area contributed by atoms with E-state index in [1.807, 2.05) is 6.92 Å². The van der Waals surface area contributed by atoms with Crippen molar-refractivity contribution in [3.63, 3.8) is 0 Å². The average molecular weight is 188 g/mol. The van der Waals surface area contributed by atoms with Gasteiger partial charge in [-0.2, -0.15) is 0 Å². The number of aliphatic carboxylic acids is 1. The molecule has 0 bridgehead atoms. The summed E-state index contributed by atoms with van der Waals surface area (Å²) in [5.74, 6) is -1.29. The highest BCUT2D eigenvalue weighted by atomic mass is 16.4. The van der Waals surface area contributed by atoms with Crippen LogP contribution in [0.5, 0.6) is 0 Å². The van der Waals surface area contributed by atoms with E-state index >= 15 is 0 Å². The van der Waals surface area contributed by atoms with E-state index in [4.69, 9.17) is 5.11 Å². The van der Waals surface area contributed by atoms with Gasteiger partial charge in [0.15, 0.2) is 0 Å². The fourth-order valence-corrected chi connectivity index (χ4v) is 0.706. The van der Waals surface area contributed by atoms with Crippen LogP contribution in [0.15, 0.2) is 0 Å². The molecule has 0 aromatic heterocycles. The molecule has 0 aromatic rings. The average Bonchev–Trinajstić information content (AvgIpc) is 2.03. The Hall–Kier alpha value is -1.10. The standard InChI is InChI=1S/C8H16N2O3/c1-4-10(3)5-7(11)9-6(2)8(12)13/h6H,4-5H2,1-3H3,(H,9,11)(H,12,13). The number of likely N-dealkylation sites (N-methyl/N-ethyl adjacent to an activating group) is 1. The van der Waals surface area contributed by atoms with Crippen LogP contribution in [-0.2, 0) is 9.59 Å². The Labute approximate surface area is 77.7 Å². The highest BCUT2D eigenvalue weighted by Gasteiger charge is 2.14. The molecule has 0 spiro atoms. The highest BCUT2D eigenvalue weighted by Crippen LogP contribution is 1.84. The van der Waals surface area contributed by atoms with E-state index in [1.165, 1.54) is 6.92 Å². The molecule has 0 rings (SSSR count). The van der Waals surface area contributed by atoms with Crippen molar-refractivity contribution in [3.05, 3.63) is 0 Å². The van der Waals surface area contributed by atoms with Crippen molar-refractivity contribution in [1.82, 2.24) is 10.2 Å². The first-order chi connectivity index (χ1) is 5.97. The highest BCUT2D eigenvalue weighted by molar-refractivity contribution is 5.84. The number of carboxylic acid groups (broad SMARTS) is 1. The molecule has 0 fully saturated rings. The van der Waals surface area contributed by atoms with Crippen LogP contribution in [-0.4, -0.2) is 48.1 Å². The normalized spacial score (nSPS) is 12.6. The van der Waals surface area contributed by atoms with E-state index in [2.05, 4.69) is 5.32 Å². The predicted molar refractivity (Wildman–Crippen MR) is 48.4 cm³/mol. The lowest BCUT2D eigenvalue weighted by Crippen LogP contribution is -2.43. The number of hydrogen-bond donors (Lipinski definition) is 2. The van der Waals surface area contributed by atoms with E-state index in [0.29, 0.717) is 0 Å². The maximum Gasteiger partial charge on any atom is 0.325 e. The van der Waals surface area contributed by atoms with Gasteiger partial charge < -0.3 is 10.4 Å². The minimum atomic E-state index is -1.02. The van der Waals surface area contributed by atoms with Crippen LogP contribution in [0.25, 0.3) is 0 Å². The third kappa shape index (κ3) is 5.19.